The van der Waals surface area contributed by atoms with Crippen molar-refractivity contribution in [2.45, 2.75) is 78.2 Å². The lowest BCUT2D eigenvalue weighted by Crippen LogP contribution is -2.54. The Morgan fingerprint density at radius 2 is 2.04 bits per heavy atom. The predicted octanol–water partition coefficient (Wildman–Crippen LogP) is 4.76. The highest BCUT2D eigenvalue weighted by Gasteiger charge is 2.60. The smallest absolute Gasteiger partial charge is 0.155 e. The van der Waals surface area contributed by atoms with Gasteiger partial charge in [-0.15, -0.1) is 12.3 Å². The standard InChI is InChI=1S/C24H34O2/c1-5-6-15(2)18-7-8-19-17-14-22(26)21-13-16(25)9-11-24(21,4)20(17)10-12-23(18,19)3/h1,13,15,17-20,22,26H,6-12,14H2,2-4H3. The van der Waals surface area contributed by atoms with Gasteiger partial charge in [0, 0.05) is 12.8 Å². The van der Waals surface area contributed by atoms with Gasteiger partial charge in [-0.3, -0.25) is 4.79 Å². The molecule has 0 bridgehead atoms. The molecule has 142 valence electrons. The summed E-state index contributed by atoms with van der Waals surface area (Å²) in [5.74, 6) is 6.35. The first kappa shape index (κ1) is 18.3. The van der Waals surface area contributed by atoms with E-state index in [1.807, 2.05) is 0 Å². The summed E-state index contributed by atoms with van der Waals surface area (Å²) in [7, 11) is 0. The first-order valence-corrected chi connectivity index (χ1v) is 10.7. The lowest BCUT2D eigenvalue weighted by molar-refractivity contribution is -0.119. The van der Waals surface area contributed by atoms with Crippen molar-refractivity contribution in [1.29, 1.82) is 0 Å². The third-order valence-electron chi connectivity index (χ3n) is 9.18. The Labute approximate surface area is 158 Å². The molecule has 8 atom stereocenters. The third kappa shape index (κ3) is 2.46. The Balaban J connectivity index is 1.65. The van der Waals surface area contributed by atoms with Gasteiger partial charge in [-0.2, -0.15) is 0 Å². The monoisotopic (exact) mass is 354 g/mol. The average Bonchev–Trinajstić information content (AvgIpc) is 2.94. The second kappa shape index (κ2) is 6.23. The Morgan fingerprint density at radius 3 is 2.77 bits per heavy atom. The Kier molecular flexibility index (Phi) is 4.39. The summed E-state index contributed by atoms with van der Waals surface area (Å²) in [6.07, 6.45) is 15.4. The van der Waals surface area contributed by atoms with Crippen molar-refractivity contribution in [3.63, 3.8) is 0 Å². The minimum atomic E-state index is -0.421. The molecule has 0 saturated heterocycles. The van der Waals surface area contributed by atoms with Crippen molar-refractivity contribution in [1.82, 2.24) is 0 Å². The first-order chi connectivity index (χ1) is 12.3. The quantitative estimate of drug-likeness (QED) is 0.726. The highest BCUT2D eigenvalue weighted by Crippen LogP contribution is 2.67. The van der Waals surface area contributed by atoms with Crippen LogP contribution in [0.1, 0.15) is 72.1 Å². The van der Waals surface area contributed by atoms with Gasteiger partial charge in [0.15, 0.2) is 5.78 Å². The molecule has 8 unspecified atom stereocenters. The highest BCUT2D eigenvalue weighted by atomic mass is 16.3. The second-order valence-corrected chi connectivity index (χ2v) is 10.2. The van der Waals surface area contributed by atoms with E-state index >= 15 is 0 Å². The number of ketones is 1. The third-order valence-corrected chi connectivity index (χ3v) is 9.18. The SMILES string of the molecule is C#CCC(C)C1CCC2C3CC(O)C4=CC(=O)CCC4(C)C3CCC12C. The molecule has 0 aromatic heterocycles. The van der Waals surface area contributed by atoms with Crippen LogP contribution < -0.4 is 0 Å². The second-order valence-electron chi connectivity index (χ2n) is 10.2. The molecule has 1 N–H and O–H groups in total. The zero-order chi connectivity index (χ0) is 18.7. The van der Waals surface area contributed by atoms with E-state index in [1.54, 1.807) is 6.08 Å². The summed E-state index contributed by atoms with van der Waals surface area (Å²) < 4.78 is 0. The minimum Gasteiger partial charge on any atom is -0.389 e. The summed E-state index contributed by atoms with van der Waals surface area (Å²) in [5, 5.41) is 10.9. The summed E-state index contributed by atoms with van der Waals surface area (Å²) in [6.45, 7) is 7.19. The largest absolute Gasteiger partial charge is 0.389 e. The van der Waals surface area contributed by atoms with Crippen molar-refractivity contribution in [2.24, 2.45) is 40.4 Å². The molecular formula is C24H34O2. The number of carbonyl (C=O) groups excluding carboxylic acids is 1. The normalized spacial score (nSPS) is 48.7. The van der Waals surface area contributed by atoms with Crippen LogP contribution in [-0.4, -0.2) is 17.0 Å². The van der Waals surface area contributed by atoms with Crippen LogP contribution in [0.5, 0.6) is 0 Å². The molecule has 2 heteroatoms. The number of fused-ring (bicyclic) bond motifs is 5. The van der Waals surface area contributed by atoms with E-state index in [0.29, 0.717) is 35.5 Å². The average molecular weight is 355 g/mol. The van der Waals surface area contributed by atoms with Crippen molar-refractivity contribution in [3.05, 3.63) is 11.6 Å². The molecule has 0 spiro atoms. The molecule has 0 heterocycles. The van der Waals surface area contributed by atoms with Crippen molar-refractivity contribution >= 4 is 5.78 Å². The van der Waals surface area contributed by atoms with E-state index in [-0.39, 0.29) is 11.2 Å². The maximum atomic E-state index is 12.0. The number of rotatable bonds is 2. The van der Waals surface area contributed by atoms with Crippen LogP contribution in [0.25, 0.3) is 0 Å². The zero-order valence-corrected chi connectivity index (χ0v) is 16.6. The van der Waals surface area contributed by atoms with Crippen LogP contribution in [0.15, 0.2) is 11.6 Å². The number of aliphatic hydroxyl groups is 1. The van der Waals surface area contributed by atoms with Crippen LogP contribution in [0.4, 0.5) is 0 Å². The maximum absolute atomic E-state index is 12.0. The van der Waals surface area contributed by atoms with E-state index < -0.39 is 6.10 Å². The summed E-state index contributed by atoms with van der Waals surface area (Å²) in [4.78, 5) is 12.0. The van der Waals surface area contributed by atoms with E-state index in [9.17, 15) is 9.90 Å². The van der Waals surface area contributed by atoms with Gasteiger partial charge in [-0.05, 0) is 90.6 Å². The number of aliphatic hydroxyl groups excluding tert-OH is 1. The maximum Gasteiger partial charge on any atom is 0.155 e. The van der Waals surface area contributed by atoms with Gasteiger partial charge in [0.1, 0.15) is 0 Å². The van der Waals surface area contributed by atoms with E-state index in [0.717, 1.165) is 30.8 Å². The van der Waals surface area contributed by atoms with Crippen LogP contribution in [-0.2, 0) is 4.79 Å². The van der Waals surface area contributed by atoms with Crippen LogP contribution >= 0.6 is 0 Å². The molecule has 2 nitrogen and oxygen atoms in total. The van der Waals surface area contributed by atoms with E-state index in [4.69, 9.17) is 6.42 Å². The molecule has 3 saturated carbocycles. The van der Waals surface area contributed by atoms with Crippen molar-refractivity contribution < 1.29 is 9.90 Å². The molecular weight excluding hydrogens is 320 g/mol. The fourth-order valence-electron chi connectivity index (χ4n) is 7.91. The Morgan fingerprint density at radius 1 is 1.27 bits per heavy atom. The van der Waals surface area contributed by atoms with Gasteiger partial charge < -0.3 is 5.11 Å². The molecule has 0 aliphatic heterocycles. The van der Waals surface area contributed by atoms with E-state index in [1.165, 1.54) is 25.7 Å². The molecule has 3 fully saturated rings. The predicted molar refractivity (Wildman–Crippen MR) is 104 cm³/mol. The fourth-order valence-corrected chi connectivity index (χ4v) is 7.91. The minimum absolute atomic E-state index is 0.0279. The molecule has 26 heavy (non-hydrogen) atoms. The molecule has 4 aliphatic rings. The van der Waals surface area contributed by atoms with E-state index in [2.05, 4.69) is 26.7 Å². The van der Waals surface area contributed by atoms with Gasteiger partial charge in [0.05, 0.1) is 6.10 Å². The van der Waals surface area contributed by atoms with Crippen LogP contribution in [0.2, 0.25) is 0 Å². The molecule has 0 aromatic carbocycles. The molecule has 0 aromatic rings. The molecule has 4 aliphatic carbocycles. The van der Waals surface area contributed by atoms with Gasteiger partial charge in [-0.1, -0.05) is 20.8 Å². The lowest BCUT2D eigenvalue weighted by atomic mass is 9.46. The van der Waals surface area contributed by atoms with Gasteiger partial charge in [0.2, 0.25) is 0 Å². The lowest BCUT2D eigenvalue weighted by Gasteiger charge is -2.59. The van der Waals surface area contributed by atoms with Gasteiger partial charge >= 0.3 is 0 Å². The number of hydrogen-bond acceptors (Lipinski definition) is 2. The van der Waals surface area contributed by atoms with Crippen molar-refractivity contribution in [3.8, 4) is 12.3 Å². The van der Waals surface area contributed by atoms with Gasteiger partial charge in [0.25, 0.3) is 0 Å². The van der Waals surface area contributed by atoms with Crippen LogP contribution in [0, 0.1) is 52.8 Å². The fraction of sp³-hybridized carbons (Fsp3) is 0.792. The highest BCUT2D eigenvalue weighted by molar-refractivity contribution is 5.91. The van der Waals surface area contributed by atoms with Crippen LogP contribution in [0.3, 0.4) is 0 Å². The summed E-state index contributed by atoms with van der Waals surface area (Å²) >= 11 is 0. The number of terminal acetylenes is 1. The first-order valence-electron chi connectivity index (χ1n) is 10.7. The topological polar surface area (TPSA) is 37.3 Å². The Hall–Kier alpha value is -1.07. The summed E-state index contributed by atoms with van der Waals surface area (Å²) in [6, 6.07) is 0. The van der Waals surface area contributed by atoms with Crippen molar-refractivity contribution in [2.75, 3.05) is 0 Å². The Bertz CT molecular complexity index is 670. The molecule has 0 amide bonds. The molecule has 4 rings (SSSR count). The van der Waals surface area contributed by atoms with Gasteiger partial charge in [-0.25, -0.2) is 0 Å². The number of carbonyl (C=O) groups is 1. The zero-order valence-electron chi connectivity index (χ0n) is 16.6. The summed E-state index contributed by atoms with van der Waals surface area (Å²) in [5.41, 5.74) is 1.45. The molecule has 0 radical (unpaired) electrons. The number of hydrogen-bond donors (Lipinski definition) is 1.